The molecule has 2 rings (SSSR count). The highest BCUT2D eigenvalue weighted by atomic mass is 16.6. The van der Waals surface area contributed by atoms with Crippen molar-refractivity contribution >= 4 is 6.09 Å². The summed E-state index contributed by atoms with van der Waals surface area (Å²) in [7, 11) is 0. The van der Waals surface area contributed by atoms with Crippen molar-refractivity contribution < 1.29 is 14.6 Å². The molecule has 0 unspecified atom stereocenters. The molecule has 2 aromatic rings. The van der Waals surface area contributed by atoms with Gasteiger partial charge in [-0.1, -0.05) is 36.4 Å². The van der Waals surface area contributed by atoms with Crippen LogP contribution in [0.5, 0.6) is 5.75 Å². The van der Waals surface area contributed by atoms with Crippen molar-refractivity contribution in [3.05, 3.63) is 54.1 Å². The highest BCUT2D eigenvalue weighted by molar-refractivity contribution is 5.71. The summed E-state index contributed by atoms with van der Waals surface area (Å²) in [6.07, 6.45) is -0.444. The van der Waals surface area contributed by atoms with Crippen LogP contribution in [0.2, 0.25) is 0 Å². The molecule has 0 spiro atoms. The average Bonchev–Trinajstić information content (AvgIpc) is 2.44. The number of phenols is 1. The van der Waals surface area contributed by atoms with Crippen molar-refractivity contribution in [1.82, 2.24) is 5.32 Å². The average molecular weight is 299 g/mol. The molecule has 0 radical (unpaired) electrons. The second-order valence-electron chi connectivity index (χ2n) is 6.07. The van der Waals surface area contributed by atoms with Crippen LogP contribution in [0.25, 0.3) is 11.1 Å². The number of rotatable bonds is 3. The van der Waals surface area contributed by atoms with Crippen LogP contribution in [0.1, 0.15) is 26.3 Å². The van der Waals surface area contributed by atoms with Gasteiger partial charge < -0.3 is 15.2 Å². The zero-order valence-electron chi connectivity index (χ0n) is 13.1. The third-order valence-corrected chi connectivity index (χ3v) is 2.98. The number of benzene rings is 2. The van der Waals surface area contributed by atoms with Crippen LogP contribution in [-0.4, -0.2) is 16.8 Å². The molecule has 0 bridgehead atoms. The molecular weight excluding hydrogens is 278 g/mol. The molecule has 2 aromatic carbocycles. The summed E-state index contributed by atoms with van der Waals surface area (Å²) in [6.45, 7) is 5.85. The molecule has 4 nitrogen and oxygen atoms in total. The van der Waals surface area contributed by atoms with Gasteiger partial charge in [-0.15, -0.1) is 0 Å². The van der Waals surface area contributed by atoms with Gasteiger partial charge in [0.1, 0.15) is 11.4 Å². The molecule has 1 amide bonds. The minimum absolute atomic E-state index is 0.236. The Balaban J connectivity index is 2.07. The second kappa shape index (κ2) is 6.52. The fourth-order valence-electron chi connectivity index (χ4n) is 2.05. The highest BCUT2D eigenvalue weighted by Crippen LogP contribution is 2.28. The molecule has 0 fully saturated rings. The van der Waals surface area contributed by atoms with Gasteiger partial charge in [0.25, 0.3) is 0 Å². The van der Waals surface area contributed by atoms with Gasteiger partial charge in [0.2, 0.25) is 0 Å². The molecule has 0 aromatic heterocycles. The number of para-hydroxylation sites is 1. The van der Waals surface area contributed by atoms with Crippen molar-refractivity contribution in [3.8, 4) is 16.9 Å². The summed E-state index contributed by atoms with van der Waals surface area (Å²) in [5.74, 6) is 0.236. The summed E-state index contributed by atoms with van der Waals surface area (Å²) in [5, 5.41) is 12.6. The second-order valence-corrected chi connectivity index (χ2v) is 6.07. The Labute approximate surface area is 130 Å². The molecule has 116 valence electrons. The van der Waals surface area contributed by atoms with E-state index < -0.39 is 11.7 Å². The summed E-state index contributed by atoms with van der Waals surface area (Å²) in [5.41, 5.74) is 2.09. The van der Waals surface area contributed by atoms with Gasteiger partial charge in [-0.05, 0) is 44.0 Å². The van der Waals surface area contributed by atoms with Gasteiger partial charge in [0, 0.05) is 12.1 Å². The van der Waals surface area contributed by atoms with Crippen LogP contribution in [-0.2, 0) is 11.3 Å². The monoisotopic (exact) mass is 299 g/mol. The molecule has 2 N–H and O–H groups in total. The van der Waals surface area contributed by atoms with Gasteiger partial charge in [-0.25, -0.2) is 4.79 Å². The van der Waals surface area contributed by atoms with E-state index in [1.807, 2.05) is 57.2 Å². The maximum atomic E-state index is 11.7. The normalized spacial score (nSPS) is 11.0. The SMILES string of the molecule is CC(C)(C)OC(=O)NCc1cccc(-c2ccccc2O)c1. The fourth-order valence-corrected chi connectivity index (χ4v) is 2.05. The number of carbonyl (C=O) groups is 1. The Kier molecular flexibility index (Phi) is 4.71. The molecule has 0 atom stereocenters. The zero-order valence-corrected chi connectivity index (χ0v) is 13.1. The lowest BCUT2D eigenvalue weighted by molar-refractivity contribution is 0.0523. The maximum Gasteiger partial charge on any atom is 0.407 e. The lowest BCUT2D eigenvalue weighted by Gasteiger charge is -2.19. The van der Waals surface area contributed by atoms with Crippen molar-refractivity contribution in [2.24, 2.45) is 0 Å². The van der Waals surface area contributed by atoms with E-state index in [0.717, 1.165) is 16.7 Å². The van der Waals surface area contributed by atoms with E-state index >= 15 is 0 Å². The number of nitrogens with one attached hydrogen (secondary N) is 1. The Morgan fingerprint density at radius 1 is 1.14 bits per heavy atom. The summed E-state index contributed by atoms with van der Waals surface area (Å²) in [6, 6.07) is 14.8. The van der Waals surface area contributed by atoms with Crippen LogP contribution < -0.4 is 5.32 Å². The van der Waals surface area contributed by atoms with E-state index in [9.17, 15) is 9.90 Å². The fraction of sp³-hybridized carbons (Fsp3) is 0.278. The number of ether oxygens (including phenoxy) is 1. The third-order valence-electron chi connectivity index (χ3n) is 2.98. The number of aromatic hydroxyl groups is 1. The molecule has 4 heteroatoms. The summed E-state index contributed by atoms with van der Waals surface area (Å²) in [4.78, 5) is 11.7. The van der Waals surface area contributed by atoms with Gasteiger partial charge >= 0.3 is 6.09 Å². The van der Waals surface area contributed by atoms with Crippen LogP contribution in [0.4, 0.5) is 4.79 Å². The standard InChI is InChI=1S/C18H21NO3/c1-18(2,3)22-17(21)19-12-13-7-6-8-14(11-13)15-9-4-5-10-16(15)20/h4-11,20H,12H2,1-3H3,(H,19,21). The molecular formula is C18H21NO3. The number of hydrogen-bond donors (Lipinski definition) is 2. The number of hydrogen-bond acceptors (Lipinski definition) is 3. The molecule has 0 aliphatic heterocycles. The number of alkyl carbamates (subject to hydrolysis) is 1. The van der Waals surface area contributed by atoms with E-state index in [2.05, 4.69) is 5.32 Å². The van der Waals surface area contributed by atoms with E-state index in [0.29, 0.717) is 6.54 Å². The highest BCUT2D eigenvalue weighted by Gasteiger charge is 2.15. The molecule has 0 aliphatic rings. The van der Waals surface area contributed by atoms with Crippen LogP contribution in [0.15, 0.2) is 48.5 Å². The Morgan fingerprint density at radius 2 is 1.86 bits per heavy atom. The first-order valence-corrected chi connectivity index (χ1v) is 7.19. The topological polar surface area (TPSA) is 58.6 Å². The first kappa shape index (κ1) is 15.9. The molecule has 0 saturated carbocycles. The number of phenolic OH excluding ortho intramolecular Hbond substituents is 1. The van der Waals surface area contributed by atoms with Crippen molar-refractivity contribution in [2.45, 2.75) is 32.9 Å². The zero-order chi connectivity index (χ0) is 16.2. The van der Waals surface area contributed by atoms with E-state index in [-0.39, 0.29) is 5.75 Å². The van der Waals surface area contributed by atoms with Gasteiger partial charge in [-0.2, -0.15) is 0 Å². The largest absolute Gasteiger partial charge is 0.507 e. The van der Waals surface area contributed by atoms with Crippen molar-refractivity contribution in [2.75, 3.05) is 0 Å². The van der Waals surface area contributed by atoms with Crippen LogP contribution >= 0.6 is 0 Å². The van der Waals surface area contributed by atoms with Crippen LogP contribution in [0, 0.1) is 0 Å². The predicted octanol–water partition coefficient (Wildman–Crippen LogP) is 4.08. The van der Waals surface area contributed by atoms with Crippen molar-refractivity contribution in [3.63, 3.8) is 0 Å². The molecule has 0 heterocycles. The lowest BCUT2D eigenvalue weighted by atomic mass is 10.0. The first-order chi connectivity index (χ1) is 10.3. The smallest absolute Gasteiger partial charge is 0.407 e. The first-order valence-electron chi connectivity index (χ1n) is 7.19. The predicted molar refractivity (Wildman–Crippen MR) is 86.6 cm³/mol. The Hall–Kier alpha value is -2.49. The van der Waals surface area contributed by atoms with E-state index in [4.69, 9.17) is 4.74 Å². The minimum atomic E-state index is -0.512. The number of carbonyl (C=O) groups excluding carboxylic acids is 1. The van der Waals surface area contributed by atoms with E-state index in [1.54, 1.807) is 12.1 Å². The third kappa shape index (κ3) is 4.52. The van der Waals surface area contributed by atoms with Gasteiger partial charge in [0.15, 0.2) is 0 Å². The van der Waals surface area contributed by atoms with Gasteiger partial charge in [0.05, 0.1) is 0 Å². The Bertz CT molecular complexity index is 659. The minimum Gasteiger partial charge on any atom is -0.507 e. The van der Waals surface area contributed by atoms with Crippen molar-refractivity contribution in [1.29, 1.82) is 0 Å². The molecule has 0 saturated heterocycles. The number of amides is 1. The lowest BCUT2D eigenvalue weighted by Crippen LogP contribution is -2.32. The summed E-state index contributed by atoms with van der Waals surface area (Å²) < 4.78 is 5.20. The quantitative estimate of drug-likeness (QED) is 0.897. The summed E-state index contributed by atoms with van der Waals surface area (Å²) >= 11 is 0. The van der Waals surface area contributed by atoms with E-state index in [1.165, 1.54) is 0 Å². The molecule has 22 heavy (non-hydrogen) atoms. The Morgan fingerprint density at radius 3 is 2.55 bits per heavy atom. The maximum absolute atomic E-state index is 11.7. The van der Waals surface area contributed by atoms with Crippen LogP contribution in [0.3, 0.4) is 0 Å². The molecule has 0 aliphatic carbocycles. The van der Waals surface area contributed by atoms with Gasteiger partial charge in [-0.3, -0.25) is 0 Å².